The SMILES string of the molecule is CN(c1ccccc1)c1ccc(C(=O)NC2CCCCCC2)nn1. The van der Waals surface area contributed by atoms with Gasteiger partial charge in [-0.05, 0) is 37.1 Å². The van der Waals surface area contributed by atoms with E-state index in [1.54, 1.807) is 6.07 Å². The summed E-state index contributed by atoms with van der Waals surface area (Å²) < 4.78 is 0. The van der Waals surface area contributed by atoms with Crippen LogP contribution in [0.4, 0.5) is 11.5 Å². The van der Waals surface area contributed by atoms with Gasteiger partial charge in [0.1, 0.15) is 0 Å². The monoisotopic (exact) mass is 324 g/mol. The molecule has 1 heterocycles. The number of anilines is 2. The van der Waals surface area contributed by atoms with E-state index in [0.717, 1.165) is 18.5 Å². The molecule has 0 radical (unpaired) electrons. The van der Waals surface area contributed by atoms with E-state index in [9.17, 15) is 4.79 Å². The van der Waals surface area contributed by atoms with E-state index in [1.807, 2.05) is 48.3 Å². The van der Waals surface area contributed by atoms with Gasteiger partial charge in [0, 0.05) is 18.8 Å². The summed E-state index contributed by atoms with van der Waals surface area (Å²) in [7, 11) is 1.94. The highest BCUT2D eigenvalue weighted by Gasteiger charge is 2.17. The van der Waals surface area contributed by atoms with Crippen LogP contribution in [0.2, 0.25) is 0 Å². The van der Waals surface area contributed by atoms with Crippen molar-refractivity contribution < 1.29 is 4.79 Å². The van der Waals surface area contributed by atoms with E-state index in [-0.39, 0.29) is 11.9 Å². The van der Waals surface area contributed by atoms with Crippen LogP contribution in [0, 0.1) is 0 Å². The third-order valence-corrected chi connectivity index (χ3v) is 4.56. The summed E-state index contributed by atoms with van der Waals surface area (Å²) in [5.74, 6) is 0.593. The molecule has 1 N–H and O–H groups in total. The van der Waals surface area contributed by atoms with Crippen molar-refractivity contribution in [2.75, 3.05) is 11.9 Å². The van der Waals surface area contributed by atoms with Gasteiger partial charge >= 0.3 is 0 Å². The predicted octanol–water partition coefficient (Wildman–Crippen LogP) is 3.70. The fourth-order valence-corrected chi connectivity index (χ4v) is 3.09. The number of benzene rings is 1. The normalized spacial score (nSPS) is 15.5. The summed E-state index contributed by atoms with van der Waals surface area (Å²) in [6.07, 6.45) is 7.05. The van der Waals surface area contributed by atoms with Crippen molar-refractivity contribution in [3.63, 3.8) is 0 Å². The maximum atomic E-state index is 12.3. The number of hydrogen-bond donors (Lipinski definition) is 1. The quantitative estimate of drug-likeness (QED) is 0.871. The molecule has 1 amide bonds. The molecule has 1 saturated carbocycles. The second-order valence-electron chi connectivity index (χ2n) is 6.33. The van der Waals surface area contributed by atoms with E-state index in [4.69, 9.17) is 0 Å². The van der Waals surface area contributed by atoms with Gasteiger partial charge in [0.05, 0.1) is 0 Å². The Kier molecular flexibility index (Phi) is 5.41. The van der Waals surface area contributed by atoms with Crippen LogP contribution in [-0.4, -0.2) is 29.2 Å². The molecule has 0 atom stereocenters. The smallest absolute Gasteiger partial charge is 0.272 e. The minimum Gasteiger partial charge on any atom is -0.348 e. The molecule has 5 nitrogen and oxygen atoms in total. The number of aromatic nitrogens is 2. The summed E-state index contributed by atoms with van der Waals surface area (Å²) in [5.41, 5.74) is 1.41. The number of amides is 1. The van der Waals surface area contributed by atoms with Gasteiger partial charge in [0.25, 0.3) is 5.91 Å². The first-order valence-electron chi connectivity index (χ1n) is 8.67. The number of hydrogen-bond acceptors (Lipinski definition) is 4. The van der Waals surface area contributed by atoms with E-state index < -0.39 is 0 Å². The van der Waals surface area contributed by atoms with Crippen LogP contribution in [0.3, 0.4) is 0 Å². The molecule has 2 aromatic rings. The molecule has 0 bridgehead atoms. The lowest BCUT2D eigenvalue weighted by atomic mass is 10.1. The second kappa shape index (κ2) is 7.90. The topological polar surface area (TPSA) is 58.1 Å². The molecule has 0 unspecified atom stereocenters. The van der Waals surface area contributed by atoms with Gasteiger partial charge in [-0.15, -0.1) is 10.2 Å². The fourth-order valence-electron chi connectivity index (χ4n) is 3.09. The zero-order valence-corrected chi connectivity index (χ0v) is 14.1. The fraction of sp³-hybridized carbons (Fsp3) is 0.421. The summed E-state index contributed by atoms with van der Waals surface area (Å²) in [4.78, 5) is 14.3. The van der Waals surface area contributed by atoms with Crippen molar-refractivity contribution in [3.05, 3.63) is 48.2 Å². The third-order valence-electron chi connectivity index (χ3n) is 4.56. The maximum absolute atomic E-state index is 12.3. The lowest BCUT2D eigenvalue weighted by Crippen LogP contribution is -2.35. The highest BCUT2D eigenvalue weighted by atomic mass is 16.2. The van der Waals surface area contributed by atoms with Crippen LogP contribution in [-0.2, 0) is 0 Å². The van der Waals surface area contributed by atoms with E-state index in [1.165, 1.54) is 25.7 Å². The minimum absolute atomic E-state index is 0.122. The van der Waals surface area contributed by atoms with E-state index in [2.05, 4.69) is 15.5 Å². The van der Waals surface area contributed by atoms with Gasteiger partial charge in [-0.3, -0.25) is 4.79 Å². The molecule has 24 heavy (non-hydrogen) atoms. The minimum atomic E-state index is -0.122. The lowest BCUT2D eigenvalue weighted by Gasteiger charge is -2.18. The standard InChI is InChI=1S/C19H24N4O/c1-23(16-11-7-4-8-12-16)18-14-13-17(21-22-18)19(24)20-15-9-5-2-3-6-10-15/h4,7-8,11-15H,2-3,5-6,9-10H2,1H3,(H,20,24). The number of carbonyl (C=O) groups is 1. The number of para-hydroxylation sites is 1. The molecule has 0 saturated heterocycles. The number of carbonyl (C=O) groups excluding carboxylic acids is 1. The first-order chi connectivity index (χ1) is 11.7. The molecular formula is C19H24N4O. The van der Waals surface area contributed by atoms with E-state index >= 15 is 0 Å². The lowest BCUT2D eigenvalue weighted by molar-refractivity contribution is 0.0927. The molecule has 1 aromatic heterocycles. The van der Waals surface area contributed by atoms with Crippen LogP contribution >= 0.6 is 0 Å². The second-order valence-corrected chi connectivity index (χ2v) is 6.33. The molecular weight excluding hydrogens is 300 g/mol. The summed E-state index contributed by atoms with van der Waals surface area (Å²) in [5, 5.41) is 11.4. The average Bonchev–Trinajstić information content (AvgIpc) is 2.90. The summed E-state index contributed by atoms with van der Waals surface area (Å²) in [6.45, 7) is 0. The Morgan fingerprint density at radius 1 is 1.00 bits per heavy atom. The number of nitrogens with zero attached hydrogens (tertiary/aromatic N) is 3. The van der Waals surface area contributed by atoms with Crippen LogP contribution in [0.25, 0.3) is 0 Å². The highest BCUT2D eigenvalue weighted by molar-refractivity contribution is 5.92. The largest absolute Gasteiger partial charge is 0.348 e. The molecule has 1 aromatic carbocycles. The molecule has 1 fully saturated rings. The summed E-state index contributed by atoms with van der Waals surface area (Å²) >= 11 is 0. The number of nitrogens with one attached hydrogen (secondary N) is 1. The zero-order valence-electron chi connectivity index (χ0n) is 14.1. The Balaban J connectivity index is 1.64. The van der Waals surface area contributed by atoms with E-state index in [0.29, 0.717) is 11.5 Å². The van der Waals surface area contributed by atoms with Crippen LogP contribution in [0.15, 0.2) is 42.5 Å². The van der Waals surface area contributed by atoms with Crippen LogP contribution in [0.1, 0.15) is 49.0 Å². The van der Waals surface area contributed by atoms with Crippen molar-refractivity contribution in [2.45, 2.75) is 44.6 Å². The first-order valence-corrected chi connectivity index (χ1v) is 8.67. The Labute approximate surface area is 143 Å². The van der Waals surface area contributed by atoms with Gasteiger partial charge in [0.15, 0.2) is 11.5 Å². The van der Waals surface area contributed by atoms with Crippen molar-refractivity contribution in [1.82, 2.24) is 15.5 Å². The highest BCUT2D eigenvalue weighted by Crippen LogP contribution is 2.20. The van der Waals surface area contributed by atoms with Crippen molar-refractivity contribution in [2.24, 2.45) is 0 Å². The van der Waals surface area contributed by atoms with Crippen molar-refractivity contribution in [1.29, 1.82) is 0 Å². The van der Waals surface area contributed by atoms with Crippen LogP contribution < -0.4 is 10.2 Å². The molecule has 5 heteroatoms. The Bertz CT molecular complexity index is 649. The van der Waals surface area contributed by atoms with Gasteiger partial charge in [0.2, 0.25) is 0 Å². The predicted molar refractivity (Wildman–Crippen MR) is 95.5 cm³/mol. The van der Waals surface area contributed by atoms with Gasteiger partial charge in [-0.25, -0.2) is 0 Å². The van der Waals surface area contributed by atoms with Crippen molar-refractivity contribution in [3.8, 4) is 0 Å². The Morgan fingerprint density at radius 2 is 1.71 bits per heavy atom. The van der Waals surface area contributed by atoms with Gasteiger partial charge in [-0.2, -0.15) is 0 Å². The number of rotatable bonds is 4. The molecule has 0 spiro atoms. The molecule has 3 rings (SSSR count). The molecule has 126 valence electrons. The zero-order chi connectivity index (χ0) is 16.8. The Morgan fingerprint density at radius 3 is 2.33 bits per heavy atom. The van der Waals surface area contributed by atoms with Gasteiger partial charge in [-0.1, -0.05) is 43.9 Å². The van der Waals surface area contributed by atoms with Crippen molar-refractivity contribution >= 4 is 17.4 Å². The molecule has 0 aliphatic heterocycles. The third kappa shape index (κ3) is 4.10. The molecule has 1 aliphatic rings. The van der Waals surface area contributed by atoms with Gasteiger partial charge < -0.3 is 10.2 Å². The molecule has 1 aliphatic carbocycles. The Hall–Kier alpha value is -2.43. The average molecular weight is 324 g/mol. The maximum Gasteiger partial charge on any atom is 0.272 e. The van der Waals surface area contributed by atoms with Crippen LogP contribution in [0.5, 0.6) is 0 Å². The summed E-state index contributed by atoms with van der Waals surface area (Å²) in [6, 6.07) is 13.8. The first kappa shape index (κ1) is 16.4.